The van der Waals surface area contributed by atoms with Crippen LogP contribution < -0.4 is 29.6 Å². The van der Waals surface area contributed by atoms with Crippen LogP contribution in [0.2, 0.25) is 0 Å². The third-order valence-electron chi connectivity index (χ3n) is 9.00. The molecule has 49 heavy (non-hydrogen) atoms. The number of unbranched alkanes of at least 4 members (excludes halogenated alkanes) is 16. The van der Waals surface area contributed by atoms with Gasteiger partial charge in [0.15, 0.2) is 5.25 Å². The zero-order chi connectivity index (χ0) is 36.5. The number of carbonyl (C=O) groups excluding carboxylic acids is 2. The molecule has 0 aliphatic heterocycles. The Labute approximate surface area is 324 Å². The van der Waals surface area contributed by atoms with Crippen molar-refractivity contribution < 1.29 is 72.9 Å². The van der Waals surface area contributed by atoms with Gasteiger partial charge in [-0.2, -0.15) is 8.42 Å². The standard InChI is InChI=1S/C20H38O7S.C18H36O2.Na.H/c1-5-9-11-16(7-3)14-26-19(21)13-18(28(23,24)25)20(22)27-15-17(8-4)12-10-6-2;1-2-3-4-5-6-7-8-9-10-11-12-13-14-15-16-17-18(19)20;;/h16-18H,5-15H2,1-4H3,(H,23,24,25);2-17H2,1H3,(H,19,20);;/q;;+1;-1. The van der Waals surface area contributed by atoms with Crippen molar-refractivity contribution >= 4 is 28.0 Å². The topological polar surface area (TPSA) is 144 Å². The van der Waals surface area contributed by atoms with Crippen LogP contribution in [0.25, 0.3) is 0 Å². The van der Waals surface area contributed by atoms with Crippen LogP contribution in [0.1, 0.15) is 197 Å². The van der Waals surface area contributed by atoms with Crippen LogP contribution in [-0.4, -0.2) is 54.4 Å². The molecule has 0 heterocycles. The van der Waals surface area contributed by atoms with Crippen molar-refractivity contribution in [3.05, 3.63) is 0 Å². The average Bonchev–Trinajstić information content (AvgIpc) is 3.05. The van der Waals surface area contributed by atoms with E-state index in [-0.39, 0.29) is 56.0 Å². The first-order chi connectivity index (χ1) is 23.0. The Balaban J connectivity index is -0.000000428. The molecule has 0 bridgehead atoms. The second-order valence-corrected chi connectivity index (χ2v) is 15.0. The first-order valence-electron chi connectivity index (χ1n) is 19.5. The average molecular weight is 731 g/mol. The van der Waals surface area contributed by atoms with E-state index in [9.17, 15) is 27.4 Å². The van der Waals surface area contributed by atoms with E-state index in [4.69, 9.17) is 14.6 Å². The number of ether oxygens (including phenoxy) is 2. The summed E-state index contributed by atoms with van der Waals surface area (Å²) in [6.07, 6.45) is 26.9. The van der Waals surface area contributed by atoms with Crippen LogP contribution in [0.15, 0.2) is 0 Å². The largest absolute Gasteiger partial charge is 1.00 e. The minimum absolute atomic E-state index is 0. The molecule has 0 aromatic rings. The number of aliphatic carboxylic acids is 1. The number of rotatable bonds is 32. The summed E-state index contributed by atoms with van der Waals surface area (Å²) in [5.74, 6) is -2.26. The molecule has 2 N–H and O–H groups in total. The minimum Gasteiger partial charge on any atom is -1.00 e. The molecule has 0 amide bonds. The molecule has 9 nitrogen and oxygen atoms in total. The van der Waals surface area contributed by atoms with Crippen molar-refractivity contribution in [2.75, 3.05) is 13.2 Å². The molecule has 0 aromatic carbocycles. The van der Waals surface area contributed by atoms with Crippen molar-refractivity contribution in [2.24, 2.45) is 11.8 Å². The van der Waals surface area contributed by atoms with Gasteiger partial charge in [0.2, 0.25) is 0 Å². The van der Waals surface area contributed by atoms with E-state index in [1.165, 1.54) is 83.5 Å². The summed E-state index contributed by atoms with van der Waals surface area (Å²) in [6, 6.07) is 0. The third kappa shape index (κ3) is 35.5. The summed E-state index contributed by atoms with van der Waals surface area (Å²) >= 11 is 0. The van der Waals surface area contributed by atoms with Crippen molar-refractivity contribution in [1.82, 2.24) is 0 Å². The summed E-state index contributed by atoms with van der Waals surface area (Å²) in [7, 11) is -4.76. The number of carbonyl (C=O) groups is 3. The maximum absolute atomic E-state index is 12.2. The molecule has 0 saturated heterocycles. The van der Waals surface area contributed by atoms with E-state index in [2.05, 4.69) is 20.8 Å². The van der Waals surface area contributed by atoms with Gasteiger partial charge in [0.25, 0.3) is 10.1 Å². The molecule has 0 aliphatic carbocycles. The predicted molar refractivity (Wildman–Crippen MR) is 197 cm³/mol. The van der Waals surface area contributed by atoms with Crippen LogP contribution in [0, 0.1) is 11.8 Å². The molecule has 0 spiro atoms. The fourth-order valence-electron chi connectivity index (χ4n) is 5.47. The Kier molecular flexibility index (Phi) is 39.9. The van der Waals surface area contributed by atoms with Gasteiger partial charge in [-0.05, 0) is 31.1 Å². The predicted octanol–water partition coefficient (Wildman–Crippen LogP) is 7.60. The fourth-order valence-corrected chi connectivity index (χ4v) is 6.13. The van der Waals surface area contributed by atoms with Crippen molar-refractivity contribution in [1.29, 1.82) is 0 Å². The molecule has 0 saturated carbocycles. The van der Waals surface area contributed by atoms with E-state index < -0.39 is 39.7 Å². The van der Waals surface area contributed by atoms with E-state index in [1.54, 1.807) is 0 Å². The van der Waals surface area contributed by atoms with Crippen LogP contribution in [0.5, 0.6) is 0 Å². The van der Waals surface area contributed by atoms with E-state index in [1.807, 2.05) is 13.8 Å². The second kappa shape index (κ2) is 37.1. The molecule has 0 aliphatic rings. The van der Waals surface area contributed by atoms with Crippen LogP contribution in [0.3, 0.4) is 0 Å². The van der Waals surface area contributed by atoms with Gasteiger partial charge in [-0.3, -0.25) is 18.9 Å². The number of hydrogen-bond acceptors (Lipinski definition) is 7. The first kappa shape index (κ1) is 52.7. The zero-order valence-corrected chi connectivity index (χ0v) is 35.3. The SMILES string of the molecule is CCCCC(CC)COC(=O)CC(C(=O)OCC(CC)CCCC)S(=O)(=O)O.CCCCCCCCCCCCCCCCCC(=O)O.[H-].[Na+]. The maximum Gasteiger partial charge on any atom is 1.00 e. The molecule has 11 heteroatoms. The molecule has 0 radical (unpaired) electrons. The molecule has 0 rings (SSSR count). The fraction of sp³-hybridized carbons (Fsp3) is 0.921. The Morgan fingerprint density at radius 3 is 1.31 bits per heavy atom. The van der Waals surface area contributed by atoms with Gasteiger partial charge in [0, 0.05) is 6.42 Å². The van der Waals surface area contributed by atoms with E-state index >= 15 is 0 Å². The smallest absolute Gasteiger partial charge is 1.00 e. The Hall–Kier alpha value is -0.680. The van der Waals surface area contributed by atoms with Gasteiger partial charge in [-0.15, -0.1) is 0 Å². The number of esters is 2. The molecule has 288 valence electrons. The minimum atomic E-state index is -4.76. The van der Waals surface area contributed by atoms with E-state index in [0.29, 0.717) is 6.42 Å². The van der Waals surface area contributed by atoms with Crippen molar-refractivity contribution in [2.45, 2.75) is 200 Å². The second-order valence-electron chi connectivity index (χ2n) is 13.4. The molecular weight excluding hydrogens is 655 g/mol. The summed E-state index contributed by atoms with van der Waals surface area (Å²) in [6.45, 7) is 10.6. The summed E-state index contributed by atoms with van der Waals surface area (Å²) in [5, 5.41) is 6.57. The number of carboxylic acids is 1. The molecule has 0 aromatic heterocycles. The molecule has 0 fully saturated rings. The maximum atomic E-state index is 12.2. The Bertz CT molecular complexity index is 890. The normalized spacial score (nSPS) is 12.9. The number of carboxylic acid groups (broad SMARTS) is 1. The van der Waals surface area contributed by atoms with Gasteiger partial charge in [-0.25, -0.2) is 0 Å². The summed E-state index contributed by atoms with van der Waals surface area (Å²) in [5.41, 5.74) is 0. The van der Waals surface area contributed by atoms with Gasteiger partial charge in [0.1, 0.15) is 0 Å². The Morgan fingerprint density at radius 2 is 0.959 bits per heavy atom. The van der Waals surface area contributed by atoms with Crippen LogP contribution in [0.4, 0.5) is 0 Å². The molecular formula is C38H75NaO9S. The monoisotopic (exact) mass is 731 g/mol. The number of hydrogen-bond donors (Lipinski definition) is 2. The first-order valence-corrected chi connectivity index (χ1v) is 21.0. The Morgan fingerprint density at radius 1 is 0.592 bits per heavy atom. The zero-order valence-electron chi connectivity index (χ0n) is 33.5. The summed E-state index contributed by atoms with van der Waals surface area (Å²) < 4.78 is 42.8. The molecule has 3 atom stereocenters. The van der Waals surface area contributed by atoms with Gasteiger partial charge in [-0.1, -0.05) is 163 Å². The van der Waals surface area contributed by atoms with E-state index in [0.717, 1.165) is 64.2 Å². The van der Waals surface area contributed by atoms with Crippen molar-refractivity contribution in [3.63, 3.8) is 0 Å². The van der Waals surface area contributed by atoms with Gasteiger partial charge < -0.3 is 16.0 Å². The van der Waals surface area contributed by atoms with Crippen LogP contribution in [-0.2, 0) is 34.0 Å². The van der Waals surface area contributed by atoms with Gasteiger partial charge >= 0.3 is 47.5 Å². The quantitative estimate of drug-likeness (QED) is 0.0309. The summed E-state index contributed by atoms with van der Waals surface area (Å²) in [4.78, 5) is 34.5. The van der Waals surface area contributed by atoms with Gasteiger partial charge in [0.05, 0.1) is 19.6 Å². The third-order valence-corrected chi connectivity index (χ3v) is 10.1. The molecule has 3 unspecified atom stereocenters. The van der Waals surface area contributed by atoms with Crippen LogP contribution >= 0.6 is 0 Å². The van der Waals surface area contributed by atoms with Crippen molar-refractivity contribution in [3.8, 4) is 0 Å².